The molecular weight excluding hydrogens is 532 g/mol. The molecule has 6 rings (SSSR count). The van der Waals surface area contributed by atoms with E-state index in [0.717, 1.165) is 44.3 Å². The number of hydrogen-bond acceptors (Lipinski definition) is 4. The van der Waals surface area contributed by atoms with Gasteiger partial charge in [0.15, 0.2) is 0 Å². The Kier molecular flexibility index (Phi) is 6.04. The quantitative estimate of drug-likeness (QED) is 0.224. The lowest BCUT2D eigenvalue weighted by molar-refractivity contribution is 0.689. The number of hydrogen-bond donors (Lipinski definition) is 0. The number of aromatic nitrogens is 2. The van der Waals surface area contributed by atoms with Crippen molar-refractivity contribution in [3.05, 3.63) is 123 Å². The maximum atomic E-state index is 6.37. The van der Waals surface area contributed by atoms with Crippen molar-refractivity contribution in [2.45, 2.75) is 19.4 Å². The van der Waals surface area contributed by atoms with E-state index in [1.54, 1.807) is 0 Å². The molecular formula is C30H22BrClN4. The molecule has 0 N–H and O–H groups in total. The summed E-state index contributed by atoms with van der Waals surface area (Å²) < 4.78 is 1.04. The molecule has 0 radical (unpaired) electrons. The molecule has 0 spiro atoms. The van der Waals surface area contributed by atoms with Crippen LogP contribution in [0.5, 0.6) is 0 Å². The molecule has 2 heterocycles. The highest BCUT2D eigenvalue weighted by Gasteiger charge is 2.32. The number of hydrazone groups is 1. The molecule has 0 unspecified atom stereocenters. The fourth-order valence-electron chi connectivity index (χ4n) is 4.57. The Bertz CT molecular complexity index is 1580. The van der Waals surface area contributed by atoms with E-state index in [9.17, 15) is 0 Å². The third kappa shape index (κ3) is 4.41. The molecule has 176 valence electrons. The molecule has 1 atom stereocenters. The van der Waals surface area contributed by atoms with Gasteiger partial charge in [0.25, 0.3) is 0 Å². The summed E-state index contributed by atoms with van der Waals surface area (Å²) in [6, 6.07) is 32.8. The maximum Gasteiger partial charge on any atom is 0.247 e. The van der Waals surface area contributed by atoms with Crippen LogP contribution >= 0.6 is 27.5 Å². The average molecular weight is 554 g/mol. The van der Waals surface area contributed by atoms with Gasteiger partial charge in [0, 0.05) is 26.9 Å². The average Bonchev–Trinajstić information content (AvgIpc) is 3.35. The molecule has 0 bridgehead atoms. The Labute approximate surface area is 223 Å². The number of aryl methyl sites for hydroxylation is 1. The second kappa shape index (κ2) is 9.49. The summed E-state index contributed by atoms with van der Waals surface area (Å²) in [5.74, 6) is 0.571. The molecule has 0 saturated carbocycles. The van der Waals surface area contributed by atoms with Crippen molar-refractivity contribution in [2.24, 2.45) is 5.10 Å². The van der Waals surface area contributed by atoms with Crippen molar-refractivity contribution < 1.29 is 0 Å². The first kappa shape index (κ1) is 22.9. The zero-order valence-corrected chi connectivity index (χ0v) is 21.9. The van der Waals surface area contributed by atoms with Crippen molar-refractivity contribution in [3.8, 4) is 11.3 Å². The maximum absolute atomic E-state index is 6.37. The number of anilines is 1. The summed E-state index contributed by atoms with van der Waals surface area (Å²) in [6.07, 6.45) is 0.757. The van der Waals surface area contributed by atoms with Gasteiger partial charge in [0.2, 0.25) is 5.95 Å². The monoisotopic (exact) mass is 552 g/mol. The third-order valence-corrected chi connectivity index (χ3v) is 7.21. The van der Waals surface area contributed by atoms with E-state index in [4.69, 9.17) is 26.7 Å². The Morgan fingerprint density at radius 1 is 0.833 bits per heavy atom. The van der Waals surface area contributed by atoms with E-state index in [1.807, 2.05) is 53.5 Å². The van der Waals surface area contributed by atoms with E-state index in [-0.39, 0.29) is 6.04 Å². The highest BCUT2D eigenvalue weighted by Crippen LogP contribution is 2.38. The predicted molar refractivity (Wildman–Crippen MR) is 152 cm³/mol. The molecule has 4 nitrogen and oxygen atoms in total. The minimum Gasteiger partial charge on any atom is -0.223 e. The van der Waals surface area contributed by atoms with E-state index < -0.39 is 0 Å². The van der Waals surface area contributed by atoms with Crippen LogP contribution in [0.15, 0.2) is 107 Å². The van der Waals surface area contributed by atoms with Crippen LogP contribution in [0.3, 0.4) is 0 Å². The summed E-state index contributed by atoms with van der Waals surface area (Å²) in [5.41, 5.74) is 7.19. The SMILES string of the molecule is Cc1ccc([C@H]2CC(c3ccc(Br)cc3)=NN2c2nc(-c3ccccc3)c3cc(Cl)ccc3n2)cc1. The van der Waals surface area contributed by atoms with Crippen molar-refractivity contribution in [3.63, 3.8) is 0 Å². The number of rotatable bonds is 4. The van der Waals surface area contributed by atoms with Gasteiger partial charge in [-0.15, -0.1) is 0 Å². The van der Waals surface area contributed by atoms with Crippen LogP contribution in [-0.2, 0) is 0 Å². The first-order chi connectivity index (χ1) is 17.5. The van der Waals surface area contributed by atoms with Gasteiger partial charge >= 0.3 is 0 Å². The van der Waals surface area contributed by atoms with Crippen molar-refractivity contribution >= 4 is 50.1 Å². The van der Waals surface area contributed by atoms with Gasteiger partial charge < -0.3 is 0 Å². The number of nitrogens with zero attached hydrogens (tertiary/aromatic N) is 4. The van der Waals surface area contributed by atoms with Gasteiger partial charge in [-0.05, 0) is 48.4 Å². The van der Waals surface area contributed by atoms with Crippen molar-refractivity contribution in [1.82, 2.24) is 9.97 Å². The molecule has 1 aromatic heterocycles. The third-order valence-electron chi connectivity index (χ3n) is 6.45. The molecule has 6 heteroatoms. The zero-order valence-electron chi connectivity index (χ0n) is 19.6. The highest BCUT2D eigenvalue weighted by molar-refractivity contribution is 9.10. The summed E-state index contributed by atoms with van der Waals surface area (Å²) in [4.78, 5) is 10.0. The molecule has 1 aliphatic rings. The van der Waals surface area contributed by atoms with E-state index >= 15 is 0 Å². The van der Waals surface area contributed by atoms with Gasteiger partial charge in [0.05, 0.1) is 23.0 Å². The summed E-state index contributed by atoms with van der Waals surface area (Å²) in [5, 5.41) is 8.63. The van der Waals surface area contributed by atoms with Gasteiger partial charge in [-0.2, -0.15) is 5.10 Å². The van der Waals surface area contributed by atoms with E-state index in [0.29, 0.717) is 11.0 Å². The molecule has 5 aromatic rings. The van der Waals surface area contributed by atoms with E-state index in [1.165, 1.54) is 11.1 Å². The predicted octanol–water partition coefficient (Wildman–Crippen LogP) is 8.38. The van der Waals surface area contributed by atoms with Gasteiger partial charge in [-0.1, -0.05) is 99.8 Å². The molecule has 0 fully saturated rings. The minimum atomic E-state index is -0.0161. The Morgan fingerprint density at radius 3 is 2.33 bits per heavy atom. The fraction of sp³-hybridized carbons (Fsp3) is 0.100. The zero-order chi connectivity index (χ0) is 24.6. The first-order valence-electron chi connectivity index (χ1n) is 11.8. The van der Waals surface area contributed by atoms with Gasteiger partial charge in [0.1, 0.15) is 0 Å². The largest absolute Gasteiger partial charge is 0.247 e. The topological polar surface area (TPSA) is 41.4 Å². The highest BCUT2D eigenvalue weighted by atomic mass is 79.9. The lowest BCUT2D eigenvalue weighted by Crippen LogP contribution is -2.21. The summed E-state index contributed by atoms with van der Waals surface area (Å²) >= 11 is 9.90. The first-order valence-corrected chi connectivity index (χ1v) is 12.9. The van der Waals surface area contributed by atoms with Crippen LogP contribution in [0.1, 0.15) is 29.2 Å². The molecule has 0 aliphatic carbocycles. The van der Waals surface area contributed by atoms with Crippen molar-refractivity contribution in [2.75, 3.05) is 5.01 Å². The molecule has 0 amide bonds. The number of fused-ring (bicyclic) bond motifs is 1. The van der Waals surface area contributed by atoms with E-state index in [2.05, 4.69) is 71.4 Å². The van der Waals surface area contributed by atoms with Crippen LogP contribution in [0.25, 0.3) is 22.2 Å². The lowest BCUT2D eigenvalue weighted by Gasteiger charge is -2.23. The lowest BCUT2D eigenvalue weighted by atomic mass is 9.98. The van der Waals surface area contributed by atoms with Crippen LogP contribution in [0.2, 0.25) is 5.02 Å². The Morgan fingerprint density at radius 2 is 1.58 bits per heavy atom. The van der Waals surface area contributed by atoms with Crippen molar-refractivity contribution in [1.29, 1.82) is 0 Å². The Balaban J connectivity index is 1.53. The van der Waals surface area contributed by atoms with Crippen LogP contribution in [0, 0.1) is 6.92 Å². The summed E-state index contributed by atoms with van der Waals surface area (Å²) in [7, 11) is 0. The second-order valence-corrected chi connectivity index (χ2v) is 10.3. The molecule has 0 saturated heterocycles. The molecule has 36 heavy (non-hydrogen) atoms. The fourth-order valence-corrected chi connectivity index (χ4v) is 5.00. The van der Waals surface area contributed by atoms with Crippen LogP contribution in [-0.4, -0.2) is 15.7 Å². The minimum absolute atomic E-state index is 0.0161. The Hall–Kier alpha value is -3.54. The van der Waals surface area contributed by atoms with Crippen LogP contribution < -0.4 is 5.01 Å². The number of benzene rings is 4. The van der Waals surface area contributed by atoms with Crippen LogP contribution in [0.4, 0.5) is 5.95 Å². The molecule has 4 aromatic carbocycles. The van der Waals surface area contributed by atoms with Gasteiger partial charge in [-0.25, -0.2) is 15.0 Å². The second-order valence-electron chi connectivity index (χ2n) is 8.93. The number of halogens is 2. The molecule has 1 aliphatic heterocycles. The standard InChI is InChI=1S/C30H22BrClN4/c1-19-7-9-21(10-8-19)28-18-27(20-11-13-23(31)14-12-20)35-36(28)30-33-26-16-15-24(32)17-25(26)29(34-30)22-5-3-2-4-6-22/h2-17,28H,18H2,1H3/t28-/m1/s1. The summed E-state index contributed by atoms with van der Waals surface area (Å²) in [6.45, 7) is 2.10. The smallest absolute Gasteiger partial charge is 0.223 e. The van der Waals surface area contributed by atoms with Gasteiger partial charge in [-0.3, -0.25) is 0 Å². The normalized spacial score (nSPS) is 15.4.